The number of ether oxygens (including phenoxy) is 1. The molecule has 1 aromatic carbocycles. The van der Waals surface area contributed by atoms with Crippen molar-refractivity contribution in [1.82, 2.24) is 5.32 Å². The van der Waals surface area contributed by atoms with Crippen LogP contribution in [-0.4, -0.2) is 53.6 Å². The Morgan fingerprint density at radius 3 is 2.44 bits per heavy atom. The van der Waals surface area contributed by atoms with E-state index in [0.717, 1.165) is 24.8 Å². The molecule has 1 aromatic rings. The number of morpholine rings is 1. The first-order valence-electron chi connectivity index (χ1n) is 9.89. The highest BCUT2D eigenvalue weighted by atomic mass is 31.2. The van der Waals surface area contributed by atoms with Gasteiger partial charge in [-0.25, -0.2) is 4.79 Å². The minimum atomic E-state index is -3.15. The number of rotatable bonds is 7. The summed E-state index contributed by atoms with van der Waals surface area (Å²) in [5, 5.41) is 12.4. The molecule has 1 heterocycles. The van der Waals surface area contributed by atoms with Crippen LogP contribution in [0, 0.1) is 5.92 Å². The van der Waals surface area contributed by atoms with Crippen molar-refractivity contribution in [1.29, 1.82) is 0 Å². The average Bonchev–Trinajstić information content (AvgIpc) is 2.64. The second-order valence-corrected chi connectivity index (χ2v) is 10.4. The van der Waals surface area contributed by atoms with Crippen LogP contribution in [0.1, 0.15) is 48.0 Å². The summed E-state index contributed by atoms with van der Waals surface area (Å²) in [5.41, 5.74) is 1.33. The first-order valence-corrected chi connectivity index (χ1v) is 11.9. The molecule has 27 heavy (non-hydrogen) atoms. The van der Waals surface area contributed by atoms with Crippen molar-refractivity contribution >= 4 is 13.3 Å². The van der Waals surface area contributed by atoms with E-state index in [0.29, 0.717) is 25.2 Å². The van der Waals surface area contributed by atoms with Crippen LogP contribution < -0.4 is 5.32 Å². The standard InChI is InChI=1S/C20H30NO5P/c22-20(23)17-8-6-15(7-9-17)10-18-12-26-19(11-21-18)14-27(24,25)13-16-4-2-1-3-5-16/h6-9,16,18-19,21H,1-5,10-14H2,(H,22,23)(H,24,25)/t18-,19+/m1/s1. The fraction of sp³-hybridized carbons (Fsp3) is 0.650. The number of benzene rings is 1. The van der Waals surface area contributed by atoms with Gasteiger partial charge in [0.1, 0.15) is 0 Å². The lowest BCUT2D eigenvalue weighted by atomic mass is 9.91. The molecule has 0 spiro atoms. The third-order valence-electron chi connectivity index (χ3n) is 5.61. The maximum absolute atomic E-state index is 12.6. The van der Waals surface area contributed by atoms with Gasteiger partial charge in [-0.05, 0) is 42.9 Å². The van der Waals surface area contributed by atoms with E-state index in [-0.39, 0.29) is 23.9 Å². The predicted molar refractivity (Wildman–Crippen MR) is 105 cm³/mol. The Morgan fingerprint density at radius 1 is 1.15 bits per heavy atom. The summed E-state index contributed by atoms with van der Waals surface area (Å²) in [5.74, 6) is -0.530. The fourth-order valence-corrected chi connectivity index (χ4v) is 6.34. The molecule has 1 aliphatic heterocycles. The average molecular weight is 395 g/mol. The topological polar surface area (TPSA) is 95.9 Å². The highest BCUT2D eigenvalue weighted by molar-refractivity contribution is 7.58. The Hall–Kier alpha value is -1.20. The molecule has 3 N–H and O–H groups in total. The second kappa shape index (κ2) is 9.33. The van der Waals surface area contributed by atoms with Gasteiger partial charge in [0.15, 0.2) is 0 Å². The number of hydrogen-bond acceptors (Lipinski definition) is 4. The molecule has 3 rings (SSSR count). The monoisotopic (exact) mass is 395 g/mol. The molecule has 6 nitrogen and oxygen atoms in total. The van der Waals surface area contributed by atoms with Crippen molar-refractivity contribution < 1.29 is 24.1 Å². The molecule has 7 heteroatoms. The summed E-state index contributed by atoms with van der Waals surface area (Å²) >= 11 is 0. The van der Waals surface area contributed by atoms with E-state index < -0.39 is 13.3 Å². The van der Waals surface area contributed by atoms with Gasteiger partial charge in [-0.1, -0.05) is 31.4 Å². The zero-order valence-electron chi connectivity index (χ0n) is 15.7. The molecule has 0 bridgehead atoms. The maximum atomic E-state index is 12.6. The molecule has 0 amide bonds. The quantitative estimate of drug-likeness (QED) is 0.614. The van der Waals surface area contributed by atoms with Crippen molar-refractivity contribution in [2.75, 3.05) is 25.5 Å². The van der Waals surface area contributed by atoms with Crippen LogP contribution in [0.5, 0.6) is 0 Å². The lowest BCUT2D eigenvalue weighted by Gasteiger charge is -2.32. The van der Waals surface area contributed by atoms with Crippen LogP contribution in [-0.2, 0) is 15.7 Å². The molecule has 0 radical (unpaired) electrons. The van der Waals surface area contributed by atoms with Gasteiger partial charge in [-0.2, -0.15) is 0 Å². The molecule has 1 aliphatic carbocycles. The van der Waals surface area contributed by atoms with Crippen LogP contribution >= 0.6 is 7.37 Å². The number of hydrogen-bond donors (Lipinski definition) is 3. The summed E-state index contributed by atoms with van der Waals surface area (Å²) in [6.45, 7) is 1.07. The Bertz CT molecular complexity index is 663. The van der Waals surface area contributed by atoms with Gasteiger partial charge in [0, 0.05) is 18.7 Å². The van der Waals surface area contributed by atoms with Gasteiger partial charge in [-0.3, -0.25) is 4.57 Å². The van der Waals surface area contributed by atoms with Crippen LogP contribution in [0.4, 0.5) is 0 Å². The minimum absolute atomic E-state index is 0.133. The van der Waals surface area contributed by atoms with Crippen LogP contribution in [0.2, 0.25) is 0 Å². The predicted octanol–water partition coefficient (Wildman–Crippen LogP) is 3.14. The Balaban J connectivity index is 1.42. The smallest absolute Gasteiger partial charge is 0.335 e. The summed E-state index contributed by atoms with van der Waals surface area (Å²) < 4.78 is 18.5. The molecule has 1 unspecified atom stereocenters. The highest BCUT2D eigenvalue weighted by Crippen LogP contribution is 2.46. The third-order valence-corrected chi connectivity index (χ3v) is 7.67. The molecule has 2 fully saturated rings. The van der Waals surface area contributed by atoms with E-state index in [1.807, 2.05) is 12.1 Å². The fourth-order valence-electron chi connectivity index (χ4n) is 4.15. The number of aromatic carboxylic acids is 1. The van der Waals surface area contributed by atoms with E-state index >= 15 is 0 Å². The molecule has 150 valence electrons. The molecule has 1 saturated carbocycles. The Labute approximate surface area is 160 Å². The van der Waals surface area contributed by atoms with E-state index in [4.69, 9.17) is 9.84 Å². The van der Waals surface area contributed by atoms with Crippen molar-refractivity contribution in [2.24, 2.45) is 5.92 Å². The van der Waals surface area contributed by atoms with Crippen LogP contribution in [0.25, 0.3) is 0 Å². The van der Waals surface area contributed by atoms with E-state index in [1.54, 1.807) is 12.1 Å². The second-order valence-electron chi connectivity index (χ2n) is 7.98. The van der Waals surface area contributed by atoms with Crippen LogP contribution in [0.15, 0.2) is 24.3 Å². The summed E-state index contributed by atoms with van der Waals surface area (Å²) in [6.07, 6.45) is 6.97. The number of carbonyl (C=O) groups is 1. The molecular weight excluding hydrogens is 365 g/mol. The largest absolute Gasteiger partial charge is 0.478 e. The van der Waals surface area contributed by atoms with Gasteiger partial charge in [0.2, 0.25) is 7.37 Å². The highest BCUT2D eigenvalue weighted by Gasteiger charge is 2.31. The van der Waals surface area contributed by atoms with Crippen molar-refractivity contribution in [3.05, 3.63) is 35.4 Å². The summed E-state index contributed by atoms with van der Waals surface area (Å²) in [4.78, 5) is 21.3. The third kappa shape index (κ3) is 6.42. The van der Waals surface area contributed by atoms with Gasteiger partial charge in [-0.15, -0.1) is 0 Å². The van der Waals surface area contributed by atoms with E-state index in [9.17, 15) is 14.3 Å². The van der Waals surface area contributed by atoms with Gasteiger partial charge >= 0.3 is 5.97 Å². The van der Waals surface area contributed by atoms with E-state index in [1.165, 1.54) is 19.3 Å². The number of carboxylic acids is 1. The number of carboxylic acid groups (broad SMARTS) is 1. The lowest BCUT2D eigenvalue weighted by molar-refractivity contribution is 0.0162. The Morgan fingerprint density at radius 2 is 1.85 bits per heavy atom. The normalized spacial score (nSPS) is 26.4. The van der Waals surface area contributed by atoms with Gasteiger partial charge in [0.05, 0.1) is 24.4 Å². The van der Waals surface area contributed by atoms with Gasteiger partial charge < -0.3 is 20.1 Å². The first kappa shape index (κ1) is 20.5. The molecule has 0 aromatic heterocycles. The zero-order valence-corrected chi connectivity index (χ0v) is 16.6. The van der Waals surface area contributed by atoms with Crippen molar-refractivity contribution in [3.63, 3.8) is 0 Å². The SMILES string of the molecule is O=C(O)c1ccc(C[C@@H]2CO[C@H](CP(=O)(O)CC3CCCCC3)CN2)cc1. The molecular formula is C20H30NO5P. The Kier molecular flexibility index (Phi) is 7.10. The summed E-state index contributed by atoms with van der Waals surface area (Å²) in [7, 11) is -3.15. The summed E-state index contributed by atoms with van der Waals surface area (Å²) in [6, 6.07) is 7.00. The molecule has 2 aliphatic rings. The first-order chi connectivity index (χ1) is 12.9. The minimum Gasteiger partial charge on any atom is -0.478 e. The zero-order chi connectivity index (χ0) is 19.3. The van der Waals surface area contributed by atoms with Crippen LogP contribution in [0.3, 0.4) is 0 Å². The van der Waals surface area contributed by atoms with Crippen molar-refractivity contribution in [2.45, 2.75) is 50.7 Å². The number of nitrogens with one attached hydrogen (secondary N) is 1. The molecule has 1 saturated heterocycles. The van der Waals surface area contributed by atoms with Crippen molar-refractivity contribution in [3.8, 4) is 0 Å². The lowest BCUT2D eigenvalue weighted by Crippen LogP contribution is -2.48. The van der Waals surface area contributed by atoms with Gasteiger partial charge in [0.25, 0.3) is 0 Å². The van der Waals surface area contributed by atoms with E-state index in [2.05, 4.69) is 5.32 Å². The maximum Gasteiger partial charge on any atom is 0.335 e. The molecule has 3 atom stereocenters.